The van der Waals surface area contributed by atoms with Crippen molar-refractivity contribution >= 4 is 11.8 Å². The molecule has 0 atom stereocenters. The van der Waals surface area contributed by atoms with Crippen LogP contribution in [0.4, 0.5) is 0 Å². The molecule has 1 aromatic carbocycles. The lowest BCUT2D eigenvalue weighted by atomic mass is 10.2. The van der Waals surface area contributed by atoms with Crippen molar-refractivity contribution in [3.63, 3.8) is 0 Å². The van der Waals surface area contributed by atoms with E-state index in [1.54, 1.807) is 0 Å². The number of carbonyl (C=O) groups is 2. The Hall–Kier alpha value is -1.88. The molecule has 23 heavy (non-hydrogen) atoms. The van der Waals surface area contributed by atoms with Crippen molar-refractivity contribution in [3.05, 3.63) is 35.9 Å². The number of likely N-dealkylation sites (tertiary alicyclic amines) is 1. The van der Waals surface area contributed by atoms with Crippen molar-refractivity contribution in [2.75, 3.05) is 26.2 Å². The molecule has 0 spiro atoms. The normalized spacial score (nSPS) is 14.5. The second-order valence-electron chi connectivity index (χ2n) is 6.35. The maximum absolute atomic E-state index is 12.1. The number of nitrogens with one attached hydrogen (secondary N) is 1. The van der Waals surface area contributed by atoms with Crippen LogP contribution >= 0.6 is 0 Å². The molecule has 1 aromatic rings. The lowest BCUT2D eigenvalue weighted by Gasteiger charge is -2.26. The van der Waals surface area contributed by atoms with Gasteiger partial charge in [-0.3, -0.25) is 14.5 Å². The molecule has 1 aliphatic rings. The third-order valence-corrected chi connectivity index (χ3v) is 4.20. The van der Waals surface area contributed by atoms with E-state index in [1.807, 2.05) is 23.1 Å². The Balaban J connectivity index is 1.79. The molecule has 2 rings (SSSR count). The van der Waals surface area contributed by atoms with Gasteiger partial charge in [0.25, 0.3) is 0 Å². The summed E-state index contributed by atoms with van der Waals surface area (Å²) in [7, 11) is 0. The Morgan fingerprint density at radius 2 is 1.83 bits per heavy atom. The van der Waals surface area contributed by atoms with Crippen LogP contribution in [0.1, 0.15) is 32.3 Å². The molecule has 0 aliphatic carbocycles. The molecule has 0 unspecified atom stereocenters. The van der Waals surface area contributed by atoms with Gasteiger partial charge in [0.1, 0.15) is 0 Å². The lowest BCUT2D eigenvalue weighted by molar-refractivity contribution is -0.132. The van der Waals surface area contributed by atoms with Crippen molar-refractivity contribution in [1.29, 1.82) is 0 Å². The highest BCUT2D eigenvalue weighted by atomic mass is 16.2. The minimum Gasteiger partial charge on any atom is -0.346 e. The molecule has 1 aliphatic heterocycles. The van der Waals surface area contributed by atoms with Crippen LogP contribution in [0.2, 0.25) is 0 Å². The first-order valence-electron chi connectivity index (χ1n) is 8.38. The second kappa shape index (κ2) is 8.67. The van der Waals surface area contributed by atoms with Crippen LogP contribution in [0, 0.1) is 0 Å². The summed E-state index contributed by atoms with van der Waals surface area (Å²) in [5.74, 6) is -0.0721. The van der Waals surface area contributed by atoms with Crippen LogP contribution in [-0.4, -0.2) is 53.8 Å². The fourth-order valence-corrected chi connectivity index (χ4v) is 2.73. The molecule has 1 heterocycles. The average Bonchev–Trinajstić information content (AvgIpc) is 3.07. The number of carbonyl (C=O) groups excluding carboxylic acids is 2. The summed E-state index contributed by atoms with van der Waals surface area (Å²) in [6, 6.07) is 10.4. The third-order valence-electron chi connectivity index (χ3n) is 4.20. The van der Waals surface area contributed by atoms with E-state index in [9.17, 15) is 9.59 Å². The maximum atomic E-state index is 12.1. The average molecular weight is 317 g/mol. The highest BCUT2D eigenvalue weighted by Crippen LogP contribution is 2.08. The van der Waals surface area contributed by atoms with Gasteiger partial charge in [0.15, 0.2) is 0 Å². The van der Waals surface area contributed by atoms with Crippen molar-refractivity contribution in [2.24, 2.45) is 0 Å². The summed E-state index contributed by atoms with van der Waals surface area (Å²) in [5.41, 5.74) is 1.18. The van der Waals surface area contributed by atoms with Gasteiger partial charge in [-0.05, 0) is 32.3 Å². The Morgan fingerprint density at radius 3 is 2.43 bits per heavy atom. The monoisotopic (exact) mass is 317 g/mol. The van der Waals surface area contributed by atoms with E-state index in [-0.39, 0.29) is 24.4 Å². The molecule has 0 radical (unpaired) electrons. The van der Waals surface area contributed by atoms with E-state index < -0.39 is 0 Å². The lowest BCUT2D eigenvalue weighted by Crippen LogP contribution is -2.44. The topological polar surface area (TPSA) is 52.7 Å². The summed E-state index contributed by atoms with van der Waals surface area (Å²) in [5, 5.41) is 2.76. The van der Waals surface area contributed by atoms with Crippen LogP contribution in [0.15, 0.2) is 30.3 Å². The minimum absolute atomic E-state index is 0.0232. The smallest absolute Gasteiger partial charge is 0.241 e. The highest BCUT2D eigenvalue weighted by molar-refractivity contribution is 5.85. The number of amides is 2. The molecular formula is C18H27N3O2. The Kier molecular flexibility index (Phi) is 6.59. The van der Waals surface area contributed by atoms with Crippen molar-refractivity contribution in [1.82, 2.24) is 15.1 Å². The summed E-state index contributed by atoms with van der Waals surface area (Å²) >= 11 is 0. The van der Waals surface area contributed by atoms with Crippen LogP contribution in [0.3, 0.4) is 0 Å². The van der Waals surface area contributed by atoms with E-state index in [0.29, 0.717) is 6.54 Å². The predicted molar refractivity (Wildman–Crippen MR) is 90.8 cm³/mol. The van der Waals surface area contributed by atoms with E-state index >= 15 is 0 Å². The predicted octanol–water partition coefficient (Wildman–Crippen LogP) is 1.64. The molecule has 1 fully saturated rings. The molecular weight excluding hydrogens is 290 g/mol. The number of hydrogen-bond acceptors (Lipinski definition) is 3. The SMILES string of the molecule is CC(C)N(CC(=O)NCC(=O)N1CCCC1)Cc1ccccc1. The van der Waals surface area contributed by atoms with Gasteiger partial charge in [0.2, 0.25) is 11.8 Å². The number of benzene rings is 1. The minimum atomic E-state index is -0.0952. The summed E-state index contributed by atoms with van der Waals surface area (Å²) in [6.45, 7) is 6.93. The number of rotatable bonds is 7. The van der Waals surface area contributed by atoms with E-state index in [0.717, 1.165) is 32.5 Å². The zero-order valence-corrected chi connectivity index (χ0v) is 14.1. The van der Waals surface area contributed by atoms with Gasteiger partial charge in [-0.15, -0.1) is 0 Å². The van der Waals surface area contributed by atoms with Gasteiger partial charge < -0.3 is 10.2 Å². The molecule has 1 N–H and O–H groups in total. The number of hydrogen-bond donors (Lipinski definition) is 1. The maximum Gasteiger partial charge on any atom is 0.241 e. The largest absolute Gasteiger partial charge is 0.346 e. The molecule has 1 saturated heterocycles. The van der Waals surface area contributed by atoms with E-state index in [1.165, 1.54) is 5.56 Å². The van der Waals surface area contributed by atoms with Crippen molar-refractivity contribution in [3.8, 4) is 0 Å². The quantitative estimate of drug-likeness (QED) is 0.832. The Morgan fingerprint density at radius 1 is 1.17 bits per heavy atom. The van der Waals surface area contributed by atoms with E-state index in [4.69, 9.17) is 0 Å². The standard InChI is InChI=1S/C18H27N3O2/c1-15(2)21(13-16-8-4-3-5-9-16)14-17(22)19-12-18(23)20-10-6-7-11-20/h3-5,8-9,15H,6-7,10-14H2,1-2H3,(H,19,22). The fraction of sp³-hybridized carbons (Fsp3) is 0.556. The van der Waals surface area contributed by atoms with Gasteiger partial charge in [-0.25, -0.2) is 0 Å². The number of nitrogens with zero attached hydrogens (tertiary/aromatic N) is 2. The Labute approximate surface area is 138 Å². The van der Waals surface area contributed by atoms with Crippen LogP contribution in [-0.2, 0) is 16.1 Å². The van der Waals surface area contributed by atoms with Gasteiger partial charge >= 0.3 is 0 Å². The molecule has 0 bridgehead atoms. The molecule has 5 nitrogen and oxygen atoms in total. The van der Waals surface area contributed by atoms with Crippen molar-refractivity contribution < 1.29 is 9.59 Å². The second-order valence-corrected chi connectivity index (χ2v) is 6.35. The first-order chi connectivity index (χ1) is 11.1. The summed E-state index contributed by atoms with van der Waals surface area (Å²) in [6.07, 6.45) is 2.13. The molecule has 126 valence electrons. The van der Waals surface area contributed by atoms with Crippen molar-refractivity contribution in [2.45, 2.75) is 39.3 Å². The zero-order valence-electron chi connectivity index (χ0n) is 14.1. The molecule has 0 saturated carbocycles. The summed E-state index contributed by atoms with van der Waals surface area (Å²) < 4.78 is 0. The highest BCUT2D eigenvalue weighted by Gasteiger charge is 2.19. The molecule has 5 heteroatoms. The van der Waals surface area contributed by atoms with Crippen LogP contribution < -0.4 is 5.32 Å². The van der Waals surface area contributed by atoms with E-state index in [2.05, 4.69) is 36.2 Å². The van der Waals surface area contributed by atoms with Crippen LogP contribution in [0.5, 0.6) is 0 Å². The molecule has 2 amide bonds. The fourth-order valence-electron chi connectivity index (χ4n) is 2.73. The molecule has 0 aromatic heterocycles. The zero-order chi connectivity index (χ0) is 16.7. The van der Waals surface area contributed by atoms with Gasteiger partial charge in [0.05, 0.1) is 13.1 Å². The van der Waals surface area contributed by atoms with Crippen LogP contribution in [0.25, 0.3) is 0 Å². The third kappa shape index (κ3) is 5.67. The Bertz CT molecular complexity index is 510. The van der Waals surface area contributed by atoms with Gasteiger partial charge in [0, 0.05) is 25.7 Å². The summed E-state index contributed by atoms with van der Waals surface area (Å²) in [4.78, 5) is 28.0. The first kappa shape index (κ1) is 17.5. The van der Waals surface area contributed by atoms with Gasteiger partial charge in [-0.1, -0.05) is 30.3 Å². The first-order valence-corrected chi connectivity index (χ1v) is 8.38. The van der Waals surface area contributed by atoms with Gasteiger partial charge in [-0.2, -0.15) is 0 Å².